The van der Waals surface area contributed by atoms with E-state index in [1.807, 2.05) is 18.7 Å². The van der Waals surface area contributed by atoms with Crippen molar-refractivity contribution in [3.63, 3.8) is 0 Å². The Morgan fingerprint density at radius 1 is 1.21 bits per heavy atom. The first kappa shape index (κ1) is 20.4. The molecular formula is C22H34N6. The standard InChI is InChI=1S/C22H34N6/c1-17-15-19(3)28(26-17)21-11-6-5-10-20(21)16-25-22(23-4)24-12-14-27-13-8-7-9-18(27)2/h5-6,10-11,15,18H,7-9,12-14,16H2,1-4H3,(H2,23,24,25). The number of piperidine rings is 1. The predicted octanol–water partition coefficient (Wildman–Crippen LogP) is 3.03. The highest BCUT2D eigenvalue weighted by atomic mass is 15.3. The van der Waals surface area contributed by atoms with Crippen molar-refractivity contribution in [3.8, 4) is 5.69 Å². The van der Waals surface area contributed by atoms with Gasteiger partial charge in [-0.2, -0.15) is 5.10 Å². The van der Waals surface area contributed by atoms with Crippen LogP contribution < -0.4 is 10.6 Å². The number of hydrogen-bond donors (Lipinski definition) is 2. The molecule has 28 heavy (non-hydrogen) atoms. The first-order valence-electron chi connectivity index (χ1n) is 10.4. The Morgan fingerprint density at radius 2 is 2.04 bits per heavy atom. The van der Waals surface area contributed by atoms with Crippen LogP contribution in [0.1, 0.15) is 43.1 Å². The van der Waals surface area contributed by atoms with Crippen molar-refractivity contribution >= 4 is 5.96 Å². The van der Waals surface area contributed by atoms with E-state index in [0.717, 1.165) is 36.1 Å². The Morgan fingerprint density at radius 3 is 2.75 bits per heavy atom. The second kappa shape index (κ2) is 9.73. The van der Waals surface area contributed by atoms with Crippen LogP contribution in [0.15, 0.2) is 35.3 Å². The first-order chi connectivity index (χ1) is 13.6. The zero-order valence-corrected chi connectivity index (χ0v) is 17.7. The van der Waals surface area contributed by atoms with Crippen LogP contribution in [-0.2, 0) is 6.54 Å². The molecule has 1 aliphatic heterocycles. The van der Waals surface area contributed by atoms with E-state index < -0.39 is 0 Å². The van der Waals surface area contributed by atoms with E-state index in [1.165, 1.54) is 31.4 Å². The van der Waals surface area contributed by atoms with E-state index in [4.69, 9.17) is 0 Å². The third-order valence-electron chi connectivity index (χ3n) is 5.53. The molecular weight excluding hydrogens is 348 g/mol. The Labute approximate surface area is 169 Å². The fraction of sp³-hybridized carbons (Fsp3) is 0.545. The average Bonchev–Trinajstić information content (AvgIpc) is 3.04. The smallest absolute Gasteiger partial charge is 0.191 e. The number of nitrogens with zero attached hydrogens (tertiary/aromatic N) is 4. The van der Waals surface area contributed by atoms with Crippen LogP contribution >= 0.6 is 0 Å². The fourth-order valence-electron chi connectivity index (χ4n) is 3.95. The van der Waals surface area contributed by atoms with Gasteiger partial charge in [0.1, 0.15) is 0 Å². The van der Waals surface area contributed by atoms with Crippen molar-refractivity contribution in [2.24, 2.45) is 4.99 Å². The highest BCUT2D eigenvalue weighted by Gasteiger charge is 2.17. The lowest BCUT2D eigenvalue weighted by Gasteiger charge is -2.33. The molecule has 0 aliphatic carbocycles. The molecule has 2 N–H and O–H groups in total. The molecule has 0 saturated carbocycles. The van der Waals surface area contributed by atoms with Gasteiger partial charge in [-0.1, -0.05) is 24.6 Å². The number of likely N-dealkylation sites (tertiary alicyclic amines) is 1. The number of para-hydroxylation sites is 1. The summed E-state index contributed by atoms with van der Waals surface area (Å²) >= 11 is 0. The molecule has 0 amide bonds. The molecule has 1 unspecified atom stereocenters. The molecule has 1 fully saturated rings. The van der Waals surface area contributed by atoms with Gasteiger partial charge in [0.25, 0.3) is 0 Å². The van der Waals surface area contributed by atoms with Gasteiger partial charge in [0, 0.05) is 38.4 Å². The number of rotatable bonds is 6. The second-order valence-electron chi connectivity index (χ2n) is 7.70. The molecule has 0 spiro atoms. The SMILES string of the molecule is CN=C(NCCN1CCCCC1C)NCc1ccccc1-n1nc(C)cc1C. The van der Waals surface area contributed by atoms with E-state index in [0.29, 0.717) is 12.6 Å². The summed E-state index contributed by atoms with van der Waals surface area (Å²) in [7, 11) is 1.83. The van der Waals surface area contributed by atoms with Crippen molar-refractivity contribution < 1.29 is 0 Å². The zero-order valence-electron chi connectivity index (χ0n) is 17.7. The normalized spacial score (nSPS) is 18.3. The van der Waals surface area contributed by atoms with Crippen molar-refractivity contribution in [2.75, 3.05) is 26.7 Å². The van der Waals surface area contributed by atoms with Crippen molar-refractivity contribution in [1.82, 2.24) is 25.3 Å². The number of hydrogen-bond acceptors (Lipinski definition) is 3. The van der Waals surface area contributed by atoms with Gasteiger partial charge in [-0.15, -0.1) is 0 Å². The zero-order chi connectivity index (χ0) is 19.9. The number of nitrogens with one attached hydrogen (secondary N) is 2. The van der Waals surface area contributed by atoms with E-state index in [-0.39, 0.29) is 0 Å². The molecule has 1 saturated heterocycles. The largest absolute Gasteiger partial charge is 0.355 e. The molecule has 1 atom stereocenters. The Balaban J connectivity index is 1.56. The molecule has 6 heteroatoms. The maximum atomic E-state index is 4.63. The molecule has 1 aromatic carbocycles. The molecule has 0 radical (unpaired) electrons. The molecule has 1 aromatic heterocycles. The minimum atomic E-state index is 0.693. The van der Waals surface area contributed by atoms with Crippen LogP contribution in [0.5, 0.6) is 0 Å². The first-order valence-corrected chi connectivity index (χ1v) is 10.4. The summed E-state index contributed by atoms with van der Waals surface area (Å²) in [6.07, 6.45) is 4.00. The van der Waals surface area contributed by atoms with Crippen LogP contribution in [0.4, 0.5) is 0 Å². The van der Waals surface area contributed by atoms with Crippen LogP contribution in [0, 0.1) is 13.8 Å². The minimum Gasteiger partial charge on any atom is -0.355 e. The molecule has 3 rings (SSSR count). The van der Waals surface area contributed by atoms with Crippen molar-refractivity contribution in [1.29, 1.82) is 0 Å². The van der Waals surface area contributed by atoms with Gasteiger partial charge in [0.05, 0.1) is 11.4 Å². The van der Waals surface area contributed by atoms with Crippen LogP contribution in [0.2, 0.25) is 0 Å². The fourth-order valence-corrected chi connectivity index (χ4v) is 3.95. The topological polar surface area (TPSA) is 57.5 Å². The molecule has 152 valence electrons. The Hall–Kier alpha value is -2.34. The highest BCUT2D eigenvalue weighted by Crippen LogP contribution is 2.17. The van der Waals surface area contributed by atoms with E-state index in [1.54, 1.807) is 0 Å². The summed E-state index contributed by atoms with van der Waals surface area (Å²) in [4.78, 5) is 6.95. The van der Waals surface area contributed by atoms with Gasteiger partial charge in [0.15, 0.2) is 5.96 Å². The summed E-state index contributed by atoms with van der Waals surface area (Å²) in [5.74, 6) is 0.841. The molecule has 0 bridgehead atoms. The quantitative estimate of drug-likeness (QED) is 0.596. The number of aryl methyl sites for hydroxylation is 2. The summed E-state index contributed by atoms with van der Waals surface area (Å²) in [5, 5.41) is 11.5. The van der Waals surface area contributed by atoms with E-state index in [9.17, 15) is 0 Å². The van der Waals surface area contributed by atoms with Gasteiger partial charge >= 0.3 is 0 Å². The number of aliphatic imine (C=N–C) groups is 1. The summed E-state index contributed by atoms with van der Waals surface area (Å²) in [6, 6.07) is 11.2. The van der Waals surface area contributed by atoms with Gasteiger partial charge in [-0.05, 0) is 57.9 Å². The van der Waals surface area contributed by atoms with Crippen LogP contribution in [0.25, 0.3) is 5.69 Å². The van der Waals surface area contributed by atoms with E-state index >= 15 is 0 Å². The minimum absolute atomic E-state index is 0.693. The third kappa shape index (κ3) is 5.13. The predicted molar refractivity (Wildman–Crippen MR) is 116 cm³/mol. The molecule has 2 heterocycles. The van der Waals surface area contributed by atoms with Gasteiger partial charge in [-0.25, -0.2) is 4.68 Å². The van der Waals surface area contributed by atoms with E-state index in [2.05, 4.69) is 69.8 Å². The summed E-state index contributed by atoms with van der Waals surface area (Å²) in [6.45, 7) is 10.3. The Kier molecular flexibility index (Phi) is 7.09. The lowest BCUT2D eigenvalue weighted by atomic mass is 10.0. The monoisotopic (exact) mass is 382 g/mol. The lowest BCUT2D eigenvalue weighted by Crippen LogP contribution is -2.45. The highest BCUT2D eigenvalue weighted by molar-refractivity contribution is 5.79. The number of guanidine groups is 1. The van der Waals surface area contributed by atoms with Gasteiger partial charge < -0.3 is 10.6 Å². The lowest BCUT2D eigenvalue weighted by molar-refractivity contribution is 0.163. The van der Waals surface area contributed by atoms with Gasteiger partial charge in [0.2, 0.25) is 0 Å². The van der Waals surface area contributed by atoms with Crippen molar-refractivity contribution in [3.05, 3.63) is 47.3 Å². The number of benzene rings is 1. The third-order valence-corrected chi connectivity index (χ3v) is 5.53. The van der Waals surface area contributed by atoms with Crippen molar-refractivity contribution in [2.45, 2.75) is 52.6 Å². The second-order valence-corrected chi connectivity index (χ2v) is 7.70. The maximum Gasteiger partial charge on any atom is 0.191 e. The van der Waals surface area contributed by atoms with Crippen LogP contribution in [-0.4, -0.2) is 53.4 Å². The summed E-state index contributed by atoms with van der Waals surface area (Å²) in [5.41, 5.74) is 4.48. The summed E-state index contributed by atoms with van der Waals surface area (Å²) < 4.78 is 2.01. The Bertz CT molecular complexity index is 794. The van der Waals surface area contributed by atoms with Crippen LogP contribution in [0.3, 0.4) is 0 Å². The molecule has 1 aliphatic rings. The number of aromatic nitrogens is 2. The molecule has 6 nitrogen and oxygen atoms in total. The average molecular weight is 383 g/mol. The molecule has 2 aromatic rings. The van der Waals surface area contributed by atoms with Gasteiger partial charge in [-0.3, -0.25) is 9.89 Å². The maximum absolute atomic E-state index is 4.63.